The molecule has 0 aromatic carbocycles. The normalized spacial score (nSPS) is 11.3. The molecular formula is C14H24. The predicted molar refractivity (Wildman–Crippen MR) is 66.5 cm³/mol. The second-order valence-corrected chi connectivity index (χ2v) is 3.97. The molecule has 0 amide bonds. The highest BCUT2D eigenvalue weighted by molar-refractivity contribution is 5.20. The average molecular weight is 192 g/mol. The van der Waals surface area contributed by atoms with Gasteiger partial charge >= 0.3 is 0 Å². The van der Waals surface area contributed by atoms with E-state index in [9.17, 15) is 0 Å². The minimum atomic E-state index is 1.02. The van der Waals surface area contributed by atoms with E-state index in [1.807, 2.05) is 6.08 Å². The van der Waals surface area contributed by atoms with Gasteiger partial charge in [0.25, 0.3) is 0 Å². The van der Waals surface area contributed by atoms with Crippen LogP contribution in [0, 0.1) is 0 Å². The molecule has 0 saturated heterocycles. The summed E-state index contributed by atoms with van der Waals surface area (Å²) in [4.78, 5) is 0. The second-order valence-electron chi connectivity index (χ2n) is 3.97. The molecule has 0 unspecified atom stereocenters. The van der Waals surface area contributed by atoms with E-state index in [4.69, 9.17) is 0 Å². The Morgan fingerprint density at radius 2 is 1.93 bits per heavy atom. The molecule has 0 rings (SSSR count). The van der Waals surface area contributed by atoms with Crippen LogP contribution in [0.5, 0.6) is 0 Å². The first-order valence-electron chi connectivity index (χ1n) is 5.55. The third-order valence-electron chi connectivity index (χ3n) is 2.51. The number of allylic oxidation sites excluding steroid dienone is 5. The zero-order valence-corrected chi connectivity index (χ0v) is 10.2. The number of rotatable bonds is 6. The van der Waals surface area contributed by atoms with Gasteiger partial charge in [0.05, 0.1) is 0 Å². The Hall–Kier alpha value is -0.780. The Bertz CT molecular complexity index is 224. The molecule has 0 radical (unpaired) electrons. The van der Waals surface area contributed by atoms with Gasteiger partial charge in [-0.1, -0.05) is 42.2 Å². The maximum absolute atomic E-state index is 3.79. The average Bonchev–Trinajstić information content (AvgIpc) is 2.15. The molecule has 0 nitrogen and oxygen atoms in total. The summed E-state index contributed by atoms with van der Waals surface area (Å²) in [6.07, 6.45) is 8.85. The fourth-order valence-electron chi connectivity index (χ4n) is 1.57. The van der Waals surface area contributed by atoms with Crippen molar-refractivity contribution in [1.29, 1.82) is 0 Å². The van der Waals surface area contributed by atoms with Crippen LogP contribution in [0.15, 0.2) is 35.5 Å². The summed E-state index contributed by atoms with van der Waals surface area (Å²) in [6, 6.07) is 0. The van der Waals surface area contributed by atoms with Crippen molar-refractivity contribution in [2.45, 2.75) is 53.4 Å². The predicted octanol–water partition coefficient (Wildman–Crippen LogP) is 5.04. The summed E-state index contributed by atoms with van der Waals surface area (Å²) < 4.78 is 0. The molecule has 0 N–H and O–H groups in total. The minimum absolute atomic E-state index is 1.02. The molecule has 0 fully saturated rings. The molecule has 0 bridgehead atoms. The van der Waals surface area contributed by atoms with Crippen LogP contribution in [-0.4, -0.2) is 0 Å². The summed E-state index contributed by atoms with van der Waals surface area (Å²) in [5.74, 6) is 0. The van der Waals surface area contributed by atoms with Crippen molar-refractivity contribution in [3.63, 3.8) is 0 Å². The van der Waals surface area contributed by atoms with E-state index in [2.05, 4.69) is 40.3 Å². The van der Waals surface area contributed by atoms with E-state index in [0.717, 1.165) is 12.8 Å². The summed E-state index contributed by atoms with van der Waals surface area (Å²) in [5, 5.41) is 0. The van der Waals surface area contributed by atoms with E-state index in [-0.39, 0.29) is 0 Å². The molecule has 80 valence electrons. The molecule has 0 aliphatic rings. The van der Waals surface area contributed by atoms with Gasteiger partial charge in [-0.15, -0.1) is 6.58 Å². The standard InChI is InChI=1S/C14H24/c1-6-9-13(8-3)11-14(10-7-2)12(4)5/h6,8H,1,7,9-11H2,2-5H3/b13-8+. The van der Waals surface area contributed by atoms with Gasteiger partial charge in [-0.05, 0) is 40.0 Å². The highest BCUT2D eigenvalue weighted by Crippen LogP contribution is 2.21. The second kappa shape index (κ2) is 7.61. The Morgan fingerprint density at radius 1 is 1.29 bits per heavy atom. The largest absolute Gasteiger partial charge is 0.103 e. The fourth-order valence-corrected chi connectivity index (χ4v) is 1.57. The van der Waals surface area contributed by atoms with Gasteiger partial charge in [0, 0.05) is 0 Å². The molecule has 0 spiro atoms. The van der Waals surface area contributed by atoms with Crippen LogP contribution >= 0.6 is 0 Å². The smallest absolute Gasteiger partial charge is 0.0103 e. The summed E-state index contributed by atoms with van der Waals surface area (Å²) in [5.41, 5.74) is 4.57. The van der Waals surface area contributed by atoms with Gasteiger partial charge in [0.15, 0.2) is 0 Å². The summed E-state index contributed by atoms with van der Waals surface area (Å²) >= 11 is 0. The summed E-state index contributed by atoms with van der Waals surface area (Å²) in [7, 11) is 0. The topological polar surface area (TPSA) is 0 Å². The molecular weight excluding hydrogens is 168 g/mol. The first-order valence-corrected chi connectivity index (χ1v) is 5.55. The molecule has 0 heterocycles. The lowest BCUT2D eigenvalue weighted by molar-refractivity contribution is 0.840. The van der Waals surface area contributed by atoms with Crippen LogP contribution in [0.1, 0.15) is 53.4 Å². The van der Waals surface area contributed by atoms with Crippen LogP contribution in [0.4, 0.5) is 0 Å². The minimum Gasteiger partial charge on any atom is -0.103 e. The van der Waals surface area contributed by atoms with Crippen molar-refractivity contribution in [1.82, 2.24) is 0 Å². The van der Waals surface area contributed by atoms with E-state index >= 15 is 0 Å². The fraction of sp³-hybridized carbons (Fsp3) is 0.571. The zero-order valence-electron chi connectivity index (χ0n) is 10.2. The van der Waals surface area contributed by atoms with Crippen molar-refractivity contribution in [2.24, 2.45) is 0 Å². The van der Waals surface area contributed by atoms with E-state index in [1.165, 1.54) is 24.0 Å². The quantitative estimate of drug-likeness (QED) is 0.517. The highest BCUT2D eigenvalue weighted by Gasteiger charge is 2.01. The first kappa shape index (κ1) is 13.2. The van der Waals surface area contributed by atoms with Crippen LogP contribution in [0.3, 0.4) is 0 Å². The van der Waals surface area contributed by atoms with Crippen molar-refractivity contribution in [3.8, 4) is 0 Å². The lowest BCUT2D eigenvalue weighted by Gasteiger charge is -2.10. The Morgan fingerprint density at radius 3 is 2.29 bits per heavy atom. The van der Waals surface area contributed by atoms with Crippen LogP contribution < -0.4 is 0 Å². The Kier molecular flexibility index (Phi) is 7.18. The molecule has 0 aliphatic carbocycles. The first-order chi connectivity index (χ1) is 6.65. The van der Waals surface area contributed by atoms with E-state index < -0.39 is 0 Å². The van der Waals surface area contributed by atoms with Gasteiger partial charge in [0.2, 0.25) is 0 Å². The number of hydrogen-bond donors (Lipinski definition) is 0. The summed E-state index contributed by atoms with van der Waals surface area (Å²) in [6.45, 7) is 12.6. The van der Waals surface area contributed by atoms with Gasteiger partial charge in [0.1, 0.15) is 0 Å². The van der Waals surface area contributed by atoms with Crippen LogP contribution in [-0.2, 0) is 0 Å². The van der Waals surface area contributed by atoms with Gasteiger partial charge < -0.3 is 0 Å². The molecule has 0 aromatic heterocycles. The lowest BCUT2D eigenvalue weighted by Crippen LogP contribution is -1.90. The van der Waals surface area contributed by atoms with Crippen LogP contribution in [0.25, 0.3) is 0 Å². The zero-order chi connectivity index (χ0) is 11.0. The van der Waals surface area contributed by atoms with E-state index in [1.54, 1.807) is 5.57 Å². The lowest BCUT2D eigenvalue weighted by atomic mass is 9.96. The molecule has 0 heteroatoms. The molecule has 14 heavy (non-hydrogen) atoms. The van der Waals surface area contributed by atoms with Crippen molar-refractivity contribution in [2.75, 3.05) is 0 Å². The molecule has 0 aromatic rings. The van der Waals surface area contributed by atoms with Gasteiger partial charge in [-0.3, -0.25) is 0 Å². The SMILES string of the molecule is C=CC/C(=C\C)CC(CCC)=C(C)C. The van der Waals surface area contributed by atoms with E-state index in [0.29, 0.717) is 0 Å². The van der Waals surface area contributed by atoms with Gasteiger partial charge in [-0.25, -0.2) is 0 Å². The monoisotopic (exact) mass is 192 g/mol. The van der Waals surface area contributed by atoms with Gasteiger partial charge in [-0.2, -0.15) is 0 Å². The highest BCUT2D eigenvalue weighted by atomic mass is 14.1. The third kappa shape index (κ3) is 5.06. The van der Waals surface area contributed by atoms with Crippen molar-refractivity contribution >= 4 is 0 Å². The maximum Gasteiger partial charge on any atom is -0.0103 e. The molecule has 0 atom stereocenters. The number of hydrogen-bond acceptors (Lipinski definition) is 0. The van der Waals surface area contributed by atoms with Crippen molar-refractivity contribution < 1.29 is 0 Å². The van der Waals surface area contributed by atoms with Crippen LogP contribution in [0.2, 0.25) is 0 Å². The molecule has 0 aliphatic heterocycles. The maximum atomic E-state index is 3.79. The Balaban J connectivity index is 4.43. The van der Waals surface area contributed by atoms with Crippen molar-refractivity contribution in [3.05, 3.63) is 35.5 Å². The molecule has 0 saturated carbocycles. The Labute approximate surface area is 89.4 Å². The third-order valence-corrected chi connectivity index (χ3v) is 2.51.